The summed E-state index contributed by atoms with van der Waals surface area (Å²) in [5.74, 6) is 2.43. The molecule has 1 aromatic heterocycles. The molecule has 2 aliphatic rings. The molecule has 1 aliphatic heterocycles. The van der Waals surface area contributed by atoms with Crippen LogP contribution in [0.4, 0.5) is 18.9 Å². The smallest absolute Gasteiger partial charge is 0.418 e. The van der Waals surface area contributed by atoms with Gasteiger partial charge in [-0.1, -0.05) is 19.1 Å². The van der Waals surface area contributed by atoms with Crippen LogP contribution in [0.5, 0.6) is 0 Å². The van der Waals surface area contributed by atoms with Gasteiger partial charge in [0.2, 0.25) is 5.91 Å². The van der Waals surface area contributed by atoms with E-state index in [1.54, 1.807) is 17.0 Å². The molecule has 1 saturated heterocycles. The van der Waals surface area contributed by atoms with Crippen molar-refractivity contribution >= 4 is 17.7 Å². The molecule has 2 fully saturated rings. The molecule has 2 heterocycles. The molecule has 1 N–H and O–H groups in total. The number of anilines is 1. The Hall–Kier alpha value is -2.70. The predicted molar refractivity (Wildman–Crippen MR) is 104 cm³/mol. The second-order valence-electron chi connectivity index (χ2n) is 7.85. The number of rotatable bonds is 5. The maximum absolute atomic E-state index is 13.2. The first-order valence-electron chi connectivity index (χ1n) is 9.81. The van der Waals surface area contributed by atoms with Gasteiger partial charge in [-0.05, 0) is 49.1 Å². The molecule has 0 radical (unpaired) electrons. The van der Waals surface area contributed by atoms with E-state index in [-0.39, 0.29) is 17.6 Å². The Morgan fingerprint density at radius 2 is 2.00 bits per heavy atom. The molecule has 2 aromatic rings. The molecular weight excluding hydrogens is 381 g/mol. The van der Waals surface area contributed by atoms with Crippen molar-refractivity contribution in [1.82, 2.24) is 5.32 Å². The summed E-state index contributed by atoms with van der Waals surface area (Å²) in [6, 6.07) is 9.13. The molecule has 1 aromatic carbocycles. The van der Waals surface area contributed by atoms with E-state index in [9.17, 15) is 18.0 Å². The molecule has 7 heteroatoms. The molecule has 0 bridgehead atoms. The second kappa shape index (κ2) is 7.61. The zero-order valence-electron chi connectivity index (χ0n) is 16.1. The van der Waals surface area contributed by atoms with Crippen molar-refractivity contribution in [3.8, 4) is 0 Å². The molecule has 1 saturated carbocycles. The van der Waals surface area contributed by atoms with Crippen molar-refractivity contribution in [1.29, 1.82) is 0 Å². The zero-order chi connectivity index (χ0) is 20.6. The van der Waals surface area contributed by atoms with Gasteiger partial charge >= 0.3 is 6.18 Å². The van der Waals surface area contributed by atoms with Crippen LogP contribution in [-0.4, -0.2) is 25.0 Å². The Bertz CT molecular complexity index is 919. The van der Waals surface area contributed by atoms with Gasteiger partial charge in [0, 0.05) is 36.8 Å². The van der Waals surface area contributed by atoms with Crippen molar-refractivity contribution in [3.63, 3.8) is 0 Å². The second-order valence-corrected chi connectivity index (χ2v) is 7.85. The van der Waals surface area contributed by atoms with Crippen molar-refractivity contribution < 1.29 is 22.4 Å². The van der Waals surface area contributed by atoms with E-state index < -0.39 is 11.7 Å². The number of para-hydroxylation sites is 1. The summed E-state index contributed by atoms with van der Waals surface area (Å²) in [6.07, 6.45) is 0.354. The Morgan fingerprint density at radius 1 is 1.24 bits per heavy atom. The number of benzene rings is 1. The topological polar surface area (TPSA) is 45.5 Å². The number of furan rings is 1. The minimum absolute atomic E-state index is 0.157. The average molecular weight is 404 g/mol. The Balaban J connectivity index is 1.33. The average Bonchev–Trinajstić information content (AvgIpc) is 3.08. The fraction of sp³-hybridized carbons (Fsp3) is 0.409. The molecule has 3 atom stereocenters. The summed E-state index contributed by atoms with van der Waals surface area (Å²) in [4.78, 5) is 13.9. The summed E-state index contributed by atoms with van der Waals surface area (Å²) < 4.78 is 45.4. The van der Waals surface area contributed by atoms with Gasteiger partial charge in [0.15, 0.2) is 0 Å². The van der Waals surface area contributed by atoms with Crippen LogP contribution in [0.1, 0.15) is 42.8 Å². The van der Waals surface area contributed by atoms with Crippen molar-refractivity contribution in [2.75, 3.05) is 18.0 Å². The van der Waals surface area contributed by atoms with Gasteiger partial charge in [-0.25, -0.2) is 0 Å². The normalized spacial score (nSPS) is 24.3. The fourth-order valence-electron chi connectivity index (χ4n) is 3.87. The van der Waals surface area contributed by atoms with Gasteiger partial charge in [0.1, 0.15) is 11.5 Å². The first-order valence-corrected chi connectivity index (χ1v) is 9.81. The van der Waals surface area contributed by atoms with Crippen LogP contribution in [0.25, 0.3) is 6.08 Å². The minimum atomic E-state index is -4.40. The van der Waals surface area contributed by atoms with Gasteiger partial charge < -0.3 is 14.6 Å². The highest BCUT2D eigenvalue weighted by molar-refractivity contribution is 5.91. The summed E-state index contributed by atoms with van der Waals surface area (Å²) in [5.41, 5.74) is -0.491. The molecule has 4 rings (SSSR count). The van der Waals surface area contributed by atoms with E-state index in [1.807, 2.05) is 12.1 Å². The number of nitrogens with one attached hydrogen (secondary N) is 1. The van der Waals surface area contributed by atoms with Crippen LogP contribution >= 0.6 is 0 Å². The van der Waals surface area contributed by atoms with E-state index in [0.29, 0.717) is 37.1 Å². The molecule has 0 spiro atoms. The molecule has 1 amide bonds. The third-order valence-electron chi connectivity index (χ3n) is 5.61. The summed E-state index contributed by atoms with van der Waals surface area (Å²) >= 11 is 0. The lowest BCUT2D eigenvalue weighted by Gasteiger charge is -2.23. The summed E-state index contributed by atoms with van der Waals surface area (Å²) in [7, 11) is 0. The molecule has 4 nitrogen and oxygen atoms in total. The van der Waals surface area contributed by atoms with Crippen LogP contribution in [0, 0.1) is 5.92 Å². The number of carbonyl (C=O) groups is 1. The first-order chi connectivity index (χ1) is 13.8. The van der Waals surface area contributed by atoms with Gasteiger partial charge in [-0.2, -0.15) is 13.2 Å². The molecule has 29 heavy (non-hydrogen) atoms. The van der Waals surface area contributed by atoms with Crippen molar-refractivity contribution in [2.24, 2.45) is 5.92 Å². The van der Waals surface area contributed by atoms with E-state index >= 15 is 0 Å². The number of hydrogen-bond donors (Lipinski definition) is 1. The van der Waals surface area contributed by atoms with Gasteiger partial charge in [-0.3, -0.25) is 4.79 Å². The lowest BCUT2D eigenvalue weighted by Crippen LogP contribution is -2.36. The predicted octanol–water partition coefficient (Wildman–Crippen LogP) is 4.83. The van der Waals surface area contributed by atoms with Crippen LogP contribution in [0.15, 0.2) is 46.9 Å². The van der Waals surface area contributed by atoms with Crippen molar-refractivity contribution in [3.05, 3.63) is 59.6 Å². The van der Waals surface area contributed by atoms with E-state index in [1.165, 1.54) is 18.2 Å². The number of amides is 1. The Labute approximate surface area is 167 Å². The van der Waals surface area contributed by atoms with E-state index in [0.717, 1.165) is 18.2 Å². The maximum atomic E-state index is 13.2. The third kappa shape index (κ3) is 4.49. The van der Waals surface area contributed by atoms with E-state index in [2.05, 4.69) is 12.2 Å². The minimum Gasteiger partial charge on any atom is -0.461 e. The van der Waals surface area contributed by atoms with Crippen molar-refractivity contribution in [2.45, 2.75) is 37.9 Å². The fourth-order valence-corrected chi connectivity index (χ4v) is 3.87. The quantitative estimate of drug-likeness (QED) is 0.726. The molecule has 3 unspecified atom stereocenters. The maximum Gasteiger partial charge on any atom is 0.418 e. The standard InChI is InChI=1S/C22H23F3N2O2/c1-14-12-17(14)20-8-6-16(29-20)7-9-21(28)26-15-10-11-27(13-15)19-5-3-2-4-18(19)22(23,24)25/h2-9,14-15,17H,10-13H2,1H3,(H,26,28)/b9-7+. The van der Waals surface area contributed by atoms with Gasteiger partial charge in [0.25, 0.3) is 0 Å². The zero-order valence-corrected chi connectivity index (χ0v) is 16.1. The Morgan fingerprint density at radius 3 is 2.72 bits per heavy atom. The first kappa shape index (κ1) is 19.6. The molecule has 1 aliphatic carbocycles. The van der Waals surface area contributed by atoms with Crippen LogP contribution in [-0.2, 0) is 11.0 Å². The summed E-state index contributed by atoms with van der Waals surface area (Å²) in [6.45, 7) is 2.98. The number of alkyl halides is 3. The summed E-state index contributed by atoms with van der Waals surface area (Å²) in [5, 5.41) is 2.87. The SMILES string of the molecule is CC1CC1c1ccc(/C=C/C(=O)NC2CCN(c3ccccc3C(F)(F)F)C2)o1. The highest BCUT2D eigenvalue weighted by Gasteiger charge is 2.37. The largest absolute Gasteiger partial charge is 0.461 e. The Kier molecular flexibility index (Phi) is 5.15. The monoisotopic (exact) mass is 404 g/mol. The highest BCUT2D eigenvalue weighted by Crippen LogP contribution is 2.47. The lowest BCUT2D eigenvalue weighted by atomic mass is 10.1. The molecule has 154 valence electrons. The van der Waals surface area contributed by atoms with Crippen LogP contribution in [0.3, 0.4) is 0 Å². The number of carbonyl (C=O) groups excluding carboxylic acids is 1. The van der Waals surface area contributed by atoms with E-state index in [4.69, 9.17) is 4.42 Å². The highest BCUT2D eigenvalue weighted by atomic mass is 19.4. The number of nitrogens with zero attached hydrogens (tertiary/aromatic N) is 1. The van der Waals surface area contributed by atoms with Crippen LogP contribution < -0.4 is 10.2 Å². The van der Waals surface area contributed by atoms with Gasteiger partial charge in [0.05, 0.1) is 5.56 Å². The van der Waals surface area contributed by atoms with Crippen LogP contribution in [0.2, 0.25) is 0 Å². The third-order valence-corrected chi connectivity index (χ3v) is 5.61. The number of halogens is 3. The van der Waals surface area contributed by atoms with Gasteiger partial charge in [-0.15, -0.1) is 0 Å². The lowest BCUT2D eigenvalue weighted by molar-refractivity contribution is -0.137. The number of hydrogen-bond acceptors (Lipinski definition) is 3. The molecular formula is C22H23F3N2O2.